The van der Waals surface area contributed by atoms with Gasteiger partial charge in [-0.1, -0.05) is 95.0 Å². The summed E-state index contributed by atoms with van der Waals surface area (Å²) in [5.41, 5.74) is 35.8. The standard InChI is InChI=1S/C12H18N4O.C11H14ClNO.C11H16N2O.C11H24N2O.C10H22N4O.C10H21NO.C9H20N4O.C8H17N3O2.C7H13N3O/c1-8(17)11(15-2)7-9-3-5-10(6-4-9)16-12(13)14;2*1-8(14)11(13-2)7-9-3-5-10(12)6-4-9;1-9(2)13-8-6-5-7-11(12-4)10(3)14;1-8(15)9(11-2)6-5-7-14-10(12-3)13-4;1-8(2)6-5-7-10(11-4)9(3)12;1-7(14)8(12-2)5-3-4-6-13-9(10)11;1-6(12)7(10-2)4-3-5-11-8(9)13;1-5(11)6(8-3)4-7(2)9-10-7/h3-6,11,15H,7H2,1-2H3,(H4,13,14,16);3-6,11,13H,7H2,1-2H3;3-6,11,13H,7,12H2,1-2H3;9,11-13H,5-8H2,1-4H3;9,11H,5-7H2,1-4H3,(H2,12,13,14);8,10-11H,5-7H2,1-4H3;8,12H,3-6H2,1-2H3,(H4,10,11,13);7,10H,3-5H2,1-2H3,(H3,9,11,13);6,8H,4H2,1-3H3/t4*11-;9-;10-;8-;7-;6-/m000000000/s1. The molecule has 35 heteroatoms. The average molecular weight is 1770 g/mol. The van der Waals surface area contributed by atoms with Gasteiger partial charge in [-0.3, -0.25) is 53.1 Å². The first-order valence-corrected chi connectivity index (χ1v) is 43.2. The van der Waals surface area contributed by atoms with Gasteiger partial charge in [-0.25, -0.2) is 9.79 Å². The molecule has 0 bridgehead atoms. The number of nitrogens with one attached hydrogen (secondary N) is 13. The number of nitrogens with two attached hydrogens (primary N) is 6. The second-order valence-corrected chi connectivity index (χ2v) is 31.4. The Kier molecular flexibility index (Phi) is 76.2. The number of carbonyl (C=O) groups excluding carboxylic acids is 10. The molecule has 708 valence electrons. The maximum atomic E-state index is 11.3. The van der Waals surface area contributed by atoms with E-state index in [4.69, 9.17) is 46.0 Å². The zero-order chi connectivity index (χ0) is 95.9. The molecular formula is C89H165ClN24O10. The van der Waals surface area contributed by atoms with Gasteiger partial charge in [0.25, 0.3) is 0 Å². The highest BCUT2D eigenvalue weighted by Crippen LogP contribution is 2.32. The highest BCUT2D eigenvalue weighted by atomic mass is 35.5. The number of amides is 2. The minimum Gasteiger partial charge on any atom is -0.399 e. The third kappa shape index (κ3) is 71.4. The van der Waals surface area contributed by atoms with Crippen LogP contribution in [0.1, 0.15) is 204 Å². The number of urea groups is 1. The van der Waals surface area contributed by atoms with Crippen LogP contribution >= 0.6 is 11.6 Å². The predicted octanol–water partition coefficient (Wildman–Crippen LogP) is 6.37. The molecule has 3 aromatic rings. The van der Waals surface area contributed by atoms with Gasteiger partial charge in [0.15, 0.2) is 23.5 Å². The van der Waals surface area contributed by atoms with E-state index < -0.39 is 6.03 Å². The van der Waals surface area contributed by atoms with Gasteiger partial charge in [0, 0.05) is 56.9 Å². The van der Waals surface area contributed by atoms with E-state index in [0.29, 0.717) is 56.9 Å². The Balaban J connectivity index is -0.000000429. The topological polar surface area (TPSA) is 545 Å². The monoisotopic (exact) mass is 1770 g/mol. The molecule has 25 N–H and O–H groups in total. The van der Waals surface area contributed by atoms with Crippen LogP contribution in [-0.4, -0.2) is 246 Å². The summed E-state index contributed by atoms with van der Waals surface area (Å²) in [6.45, 7) is 28.0. The summed E-state index contributed by atoms with van der Waals surface area (Å²) in [6.07, 6.45) is 15.2. The number of nitrogen functional groups attached to an aromatic ring is 1. The van der Waals surface area contributed by atoms with Crippen LogP contribution in [0.4, 0.5) is 16.2 Å². The Morgan fingerprint density at radius 2 is 0.718 bits per heavy atom. The number of primary amides is 1. The summed E-state index contributed by atoms with van der Waals surface area (Å²) in [7, 11) is 19.7. The van der Waals surface area contributed by atoms with Crippen LogP contribution in [0.2, 0.25) is 5.02 Å². The molecule has 0 aliphatic carbocycles. The molecule has 0 radical (unpaired) electrons. The van der Waals surface area contributed by atoms with Crippen molar-refractivity contribution in [2.75, 3.05) is 109 Å². The highest BCUT2D eigenvalue weighted by Gasteiger charge is 2.37. The molecule has 124 heavy (non-hydrogen) atoms. The molecular weight excluding hydrogens is 1600 g/mol. The van der Waals surface area contributed by atoms with Crippen LogP contribution < -0.4 is 104 Å². The molecule has 3 aromatic carbocycles. The number of hydrogen-bond acceptors (Lipinski definition) is 26. The number of benzene rings is 3. The summed E-state index contributed by atoms with van der Waals surface area (Å²) < 4.78 is 0. The van der Waals surface area contributed by atoms with Gasteiger partial charge in [-0.15, -0.1) is 0 Å². The Labute approximate surface area is 748 Å². The summed E-state index contributed by atoms with van der Waals surface area (Å²) in [5, 5.41) is 47.1. The lowest BCUT2D eigenvalue weighted by atomic mass is 10.0. The van der Waals surface area contributed by atoms with E-state index in [0.717, 1.165) is 123 Å². The molecule has 1 aliphatic heterocycles. The molecule has 0 saturated heterocycles. The normalized spacial score (nSPS) is 13.4. The smallest absolute Gasteiger partial charge is 0.312 e. The van der Waals surface area contributed by atoms with Crippen LogP contribution in [0.3, 0.4) is 0 Å². The van der Waals surface area contributed by atoms with Crippen molar-refractivity contribution in [2.24, 2.45) is 59.8 Å². The van der Waals surface area contributed by atoms with E-state index in [1.165, 1.54) is 6.42 Å². The second kappa shape index (κ2) is 76.5. The number of guanidine groups is 3. The average Bonchev–Trinajstić information content (AvgIpc) is 1.68. The molecule has 0 saturated carbocycles. The molecule has 2 amide bonds. The van der Waals surface area contributed by atoms with Crippen molar-refractivity contribution in [2.45, 2.75) is 272 Å². The van der Waals surface area contributed by atoms with Crippen LogP contribution in [-0.2, 0) is 62.4 Å². The van der Waals surface area contributed by atoms with Crippen molar-refractivity contribution >= 4 is 98.9 Å². The Hall–Kier alpha value is -8.94. The van der Waals surface area contributed by atoms with E-state index >= 15 is 0 Å². The lowest BCUT2D eigenvalue weighted by Crippen LogP contribution is -2.37. The number of rotatable bonds is 50. The van der Waals surface area contributed by atoms with Crippen molar-refractivity contribution in [3.05, 3.63) is 94.5 Å². The molecule has 0 aromatic heterocycles. The van der Waals surface area contributed by atoms with Gasteiger partial charge in [-0.05, 0) is 282 Å². The fourth-order valence-electron chi connectivity index (χ4n) is 11.5. The molecule has 34 nitrogen and oxygen atoms in total. The Bertz CT molecular complexity index is 3450. The summed E-state index contributed by atoms with van der Waals surface area (Å²) in [5.74, 6) is 3.24. The van der Waals surface area contributed by atoms with E-state index in [2.05, 4.69) is 122 Å². The molecule has 0 unspecified atom stereocenters. The molecule has 4 rings (SSSR count). The van der Waals surface area contributed by atoms with Gasteiger partial charge < -0.3 is 104 Å². The minimum absolute atomic E-state index is 0.0246. The van der Waals surface area contributed by atoms with Crippen molar-refractivity contribution in [3.63, 3.8) is 0 Å². The first kappa shape index (κ1) is 124. The number of nitrogens with zero attached hydrogens (tertiary/aromatic N) is 5. The van der Waals surface area contributed by atoms with Crippen molar-refractivity contribution < 1.29 is 47.9 Å². The molecule has 9 atom stereocenters. The third-order valence-electron chi connectivity index (χ3n) is 19.3. The van der Waals surface area contributed by atoms with E-state index in [9.17, 15) is 47.9 Å². The van der Waals surface area contributed by atoms with Crippen LogP contribution in [0.25, 0.3) is 0 Å². The number of hydrogen-bond donors (Lipinski definition) is 19. The number of ketones is 9. The number of carbonyl (C=O) groups is 10. The number of likely N-dealkylation sites (N-methyl/N-ethyl adjacent to an activating group) is 9. The SMILES string of the molecule is CN=C(NC)NCCC[C@H](NC)C(C)=O.CN[C@@H](CC1(C)N=N1)C(C)=O.CN[C@@H](CCCC(C)C)C(C)=O.CN[C@@H](CCCCN=C(N)N)C(C)=O.CN[C@@H](CCCCNC(C)C)C(C)=O.CN[C@@H](CCCNC(N)=O)C(C)=O.CN[C@@H](Cc1ccc(Cl)cc1)C(C)=O.CN[C@@H](Cc1ccc(N)cc1)C(C)=O.CN[C@@H](Cc1ccc(N=C(N)N)cc1)C(C)=O. The largest absolute Gasteiger partial charge is 0.399 e. The number of unbranched alkanes of at least 4 members (excludes halogenated alkanes) is 2. The molecule has 0 spiro atoms. The van der Waals surface area contributed by atoms with Crippen LogP contribution in [0, 0.1) is 5.92 Å². The highest BCUT2D eigenvalue weighted by molar-refractivity contribution is 6.30. The predicted molar refractivity (Wildman–Crippen MR) is 512 cm³/mol. The van der Waals surface area contributed by atoms with Gasteiger partial charge >= 0.3 is 6.03 Å². The molecule has 0 fully saturated rings. The maximum Gasteiger partial charge on any atom is 0.312 e. The van der Waals surface area contributed by atoms with Crippen LogP contribution in [0.5, 0.6) is 0 Å². The number of aliphatic imine (C=N–C) groups is 3. The number of halogens is 1. The van der Waals surface area contributed by atoms with Gasteiger partial charge in [0.05, 0.1) is 60.1 Å². The summed E-state index contributed by atoms with van der Waals surface area (Å²) >= 11 is 5.76. The minimum atomic E-state index is -0.524. The fraction of sp³-hybridized carbons (Fsp3) is 0.652. The zero-order valence-corrected chi connectivity index (χ0v) is 80.5. The van der Waals surface area contributed by atoms with Crippen molar-refractivity contribution in [1.82, 2.24) is 69.1 Å². The first-order valence-electron chi connectivity index (χ1n) is 42.8. The maximum absolute atomic E-state index is 11.3. The Morgan fingerprint density at radius 3 is 1.01 bits per heavy atom. The summed E-state index contributed by atoms with van der Waals surface area (Å²) in [4.78, 5) is 122. The lowest BCUT2D eigenvalue weighted by Gasteiger charge is -2.13. The summed E-state index contributed by atoms with van der Waals surface area (Å²) in [6, 6.07) is 22.1. The number of anilines is 1. The second-order valence-electron chi connectivity index (χ2n) is 30.9. The fourth-order valence-corrected chi connectivity index (χ4v) is 11.6. The van der Waals surface area contributed by atoms with Crippen LogP contribution in [0.15, 0.2) is 98.0 Å². The van der Waals surface area contributed by atoms with E-state index in [-0.39, 0.29) is 124 Å². The molecule has 1 heterocycles. The van der Waals surface area contributed by atoms with Crippen molar-refractivity contribution in [3.8, 4) is 0 Å². The van der Waals surface area contributed by atoms with E-state index in [1.54, 1.807) is 112 Å². The number of Topliss-reactive ketones (excluding diaryl/α,β-unsaturated/α-hetero) is 9. The third-order valence-corrected chi connectivity index (χ3v) is 19.6. The quantitative estimate of drug-likeness (QED) is 0.0126. The van der Waals surface area contributed by atoms with Gasteiger partial charge in [0.2, 0.25) is 0 Å². The van der Waals surface area contributed by atoms with Crippen molar-refractivity contribution in [1.29, 1.82) is 0 Å². The first-order chi connectivity index (χ1) is 58.3. The van der Waals surface area contributed by atoms with Gasteiger partial charge in [0.1, 0.15) is 52.0 Å². The van der Waals surface area contributed by atoms with E-state index in [1.807, 2.05) is 108 Å². The lowest BCUT2D eigenvalue weighted by molar-refractivity contribution is -0.119. The van der Waals surface area contributed by atoms with Gasteiger partial charge in [-0.2, -0.15) is 10.2 Å². The zero-order valence-electron chi connectivity index (χ0n) is 79.8. The Morgan fingerprint density at radius 1 is 0.395 bits per heavy atom. The molecule has 1 aliphatic rings.